The van der Waals surface area contributed by atoms with Gasteiger partial charge in [-0.05, 0) is 23.1 Å². The Hall–Kier alpha value is -0.890. The van der Waals surface area contributed by atoms with Crippen LogP contribution >= 0.6 is 0 Å². The van der Waals surface area contributed by atoms with Crippen molar-refractivity contribution in [2.24, 2.45) is 0 Å². The first-order valence-electron chi connectivity index (χ1n) is 5.11. The first kappa shape index (κ1) is 9.66. The lowest BCUT2D eigenvalue weighted by Gasteiger charge is -2.27. The van der Waals surface area contributed by atoms with Gasteiger partial charge in [-0.1, -0.05) is 20.8 Å². The van der Waals surface area contributed by atoms with Gasteiger partial charge in [0.05, 0.1) is 13.2 Å². The molecule has 0 amide bonds. The number of rotatable bonds is 1. The van der Waals surface area contributed by atoms with Crippen molar-refractivity contribution >= 4 is 0 Å². The lowest BCUT2D eigenvalue weighted by Crippen LogP contribution is -2.26. The van der Waals surface area contributed by atoms with Crippen LogP contribution in [-0.4, -0.2) is 18.2 Å². The lowest BCUT2D eigenvalue weighted by molar-refractivity contribution is 0.00666. The number of aromatic nitrogens is 1. The predicted molar refractivity (Wildman–Crippen MR) is 56.5 cm³/mol. The Bertz CT molecular complexity index is 323. The summed E-state index contributed by atoms with van der Waals surface area (Å²) < 4.78 is 5.17. The summed E-state index contributed by atoms with van der Waals surface area (Å²) in [6.45, 7) is 8.34. The summed E-state index contributed by atoms with van der Waals surface area (Å²) in [4.78, 5) is 4.39. The monoisotopic (exact) mass is 191 g/mol. The molecule has 1 aliphatic rings. The molecule has 2 heterocycles. The highest BCUT2D eigenvalue weighted by molar-refractivity contribution is 5.26. The maximum atomic E-state index is 5.17. The quantitative estimate of drug-likeness (QED) is 0.680. The molecule has 1 aromatic heterocycles. The highest BCUT2D eigenvalue weighted by atomic mass is 16.5. The smallest absolute Gasteiger partial charge is 0.0572 e. The second-order valence-electron chi connectivity index (χ2n) is 4.95. The van der Waals surface area contributed by atoms with Gasteiger partial charge >= 0.3 is 0 Å². The van der Waals surface area contributed by atoms with Gasteiger partial charge < -0.3 is 4.74 Å². The van der Waals surface area contributed by atoms with Crippen LogP contribution in [-0.2, 0) is 10.2 Å². The topological polar surface area (TPSA) is 22.1 Å². The van der Waals surface area contributed by atoms with Crippen LogP contribution in [0.1, 0.15) is 37.9 Å². The summed E-state index contributed by atoms with van der Waals surface area (Å²) in [7, 11) is 0. The van der Waals surface area contributed by atoms with Gasteiger partial charge in [-0.25, -0.2) is 0 Å². The molecule has 2 rings (SSSR count). The Kier molecular flexibility index (Phi) is 2.31. The first-order chi connectivity index (χ1) is 6.57. The van der Waals surface area contributed by atoms with Gasteiger partial charge in [-0.15, -0.1) is 0 Å². The van der Waals surface area contributed by atoms with Crippen LogP contribution in [0.4, 0.5) is 0 Å². The number of pyridine rings is 1. The Labute approximate surface area is 85.3 Å². The number of hydrogen-bond acceptors (Lipinski definition) is 2. The first-order valence-corrected chi connectivity index (χ1v) is 5.11. The second-order valence-corrected chi connectivity index (χ2v) is 4.95. The van der Waals surface area contributed by atoms with Crippen molar-refractivity contribution in [3.63, 3.8) is 0 Å². The number of ether oxygens (including phenoxy) is 1. The van der Waals surface area contributed by atoms with Gasteiger partial charge in [0.15, 0.2) is 0 Å². The fourth-order valence-corrected chi connectivity index (χ4v) is 1.54. The van der Waals surface area contributed by atoms with Gasteiger partial charge in [0.1, 0.15) is 0 Å². The van der Waals surface area contributed by atoms with Crippen molar-refractivity contribution in [1.29, 1.82) is 0 Å². The highest BCUT2D eigenvalue weighted by Crippen LogP contribution is 2.27. The van der Waals surface area contributed by atoms with Gasteiger partial charge in [0, 0.05) is 17.8 Å². The van der Waals surface area contributed by atoms with Crippen molar-refractivity contribution in [2.75, 3.05) is 13.2 Å². The molecule has 1 saturated heterocycles. The SMILES string of the molecule is CC(C)(C)c1ccnc(C2COC2)c1. The molecule has 1 fully saturated rings. The van der Waals surface area contributed by atoms with Crippen molar-refractivity contribution < 1.29 is 4.74 Å². The van der Waals surface area contributed by atoms with Crippen LogP contribution in [0, 0.1) is 0 Å². The molecule has 0 atom stereocenters. The van der Waals surface area contributed by atoms with E-state index in [9.17, 15) is 0 Å². The maximum absolute atomic E-state index is 5.17. The third kappa shape index (κ3) is 1.80. The molecule has 0 N–H and O–H groups in total. The van der Waals surface area contributed by atoms with E-state index in [0.717, 1.165) is 13.2 Å². The number of nitrogens with zero attached hydrogens (tertiary/aromatic N) is 1. The van der Waals surface area contributed by atoms with Crippen LogP contribution < -0.4 is 0 Å². The van der Waals surface area contributed by atoms with Gasteiger partial charge in [-0.2, -0.15) is 0 Å². The van der Waals surface area contributed by atoms with Crippen molar-refractivity contribution in [1.82, 2.24) is 4.98 Å². The Morgan fingerprint density at radius 2 is 2.07 bits per heavy atom. The average molecular weight is 191 g/mol. The molecular formula is C12H17NO. The molecule has 1 aromatic rings. The minimum Gasteiger partial charge on any atom is -0.380 e. The van der Waals surface area contributed by atoms with Crippen molar-refractivity contribution in [2.45, 2.75) is 32.1 Å². The maximum Gasteiger partial charge on any atom is 0.0572 e. The molecule has 1 aliphatic heterocycles. The van der Waals surface area contributed by atoms with Crippen LogP contribution in [0.25, 0.3) is 0 Å². The van der Waals surface area contributed by atoms with Gasteiger partial charge in [-0.3, -0.25) is 4.98 Å². The largest absolute Gasteiger partial charge is 0.380 e. The molecule has 0 radical (unpaired) electrons. The third-order valence-corrected chi connectivity index (χ3v) is 2.70. The summed E-state index contributed by atoms with van der Waals surface area (Å²) in [5.74, 6) is 0.525. The summed E-state index contributed by atoms with van der Waals surface area (Å²) in [5.41, 5.74) is 2.75. The average Bonchev–Trinajstić information content (AvgIpc) is 2.00. The van der Waals surface area contributed by atoms with E-state index in [-0.39, 0.29) is 5.41 Å². The zero-order valence-electron chi connectivity index (χ0n) is 9.08. The van der Waals surface area contributed by atoms with Crippen molar-refractivity contribution in [3.8, 4) is 0 Å². The second kappa shape index (κ2) is 3.35. The van der Waals surface area contributed by atoms with Crippen LogP contribution in [0.2, 0.25) is 0 Å². The van der Waals surface area contributed by atoms with E-state index in [1.807, 2.05) is 6.20 Å². The zero-order valence-corrected chi connectivity index (χ0v) is 9.08. The molecular weight excluding hydrogens is 174 g/mol. The van der Waals surface area contributed by atoms with E-state index in [4.69, 9.17) is 4.74 Å². The molecule has 14 heavy (non-hydrogen) atoms. The molecule has 2 heteroatoms. The number of hydrogen-bond donors (Lipinski definition) is 0. The van der Waals surface area contributed by atoms with E-state index in [0.29, 0.717) is 5.92 Å². The highest BCUT2D eigenvalue weighted by Gasteiger charge is 2.23. The minimum absolute atomic E-state index is 0.211. The van der Waals surface area contributed by atoms with E-state index >= 15 is 0 Å². The lowest BCUT2D eigenvalue weighted by atomic mass is 9.86. The van der Waals surface area contributed by atoms with Crippen molar-refractivity contribution in [3.05, 3.63) is 29.6 Å². The summed E-state index contributed by atoms with van der Waals surface area (Å²) in [6, 6.07) is 4.32. The minimum atomic E-state index is 0.211. The Balaban J connectivity index is 2.26. The Morgan fingerprint density at radius 3 is 2.57 bits per heavy atom. The molecule has 0 bridgehead atoms. The molecule has 2 nitrogen and oxygen atoms in total. The van der Waals surface area contributed by atoms with Gasteiger partial charge in [0.25, 0.3) is 0 Å². The summed E-state index contributed by atoms with van der Waals surface area (Å²) in [5, 5.41) is 0. The molecule has 76 valence electrons. The van der Waals surface area contributed by atoms with E-state index in [1.165, 1.54) is 11.3 Å². The fourth-order valence-electron chi connectivity index (χ4n) is 1.54. The summed E-state index contributed by atoms with van der Waals surface area (Å²) >= 11 is 0. The molecule has 0 aromatic carbocycles. The van der Waals surface area contributed by atoms with Crippen LogP contribution in [0.5, 0.6) is 0 Å². The molecule has 0 aliphatic carbocycles. The standard InChI is InChI=1S/C12H17NO/c1-12(2,3)10-4-5-13-11(6-10)9-7-14-8-9/h4-6,9H,7-8H2,1-3H3. The van der Waals surface area contributed by atoms with Crippen LogP contribution in [0.3, 0.4) is 0 Å². The van der Waals surface area contributed by atoms with Gasteiger partial charge in [0.2, 0.25) is 0 Å². The third-order valence-electron chi connectivity index (χ3n) is 2.70. The molecule has 0 unspecified atom stereocenters. The normalized spacial score (nSPS) is 17.9. The zero-order chi connectivity index (χ0) is 10.2. The fraction of sp³-hybridized carbons (Fsp3) is 0.583. The Morgan fingerprint density at radius 1 is 1.36 bits per heavy atom. The predicted octanol–water partition coefficient (Wildman–Crippen LogP) is 2.49. The molecule has 0 saturated carbocycles. The summed E-state index contributed by atoms with van der Waals surface area (Å²) in [6.07, 6.45) is 1.91. The van der Waals surface area contributed by atoms with E-state index < -0.39 is 0 Å². The van der Waals surface area contributed by atoms with E-state index in [1.54, 1.807) is 0 Å². The molecule has 0 spiro atoms. The van der Waals surface area contributed by atoms with E-state index in [2.05, 4.69) is 37.9 Å². The van der Waals surface area contributed by atoms with Crippen LogP contribution in [0.15, 0.2) is 18.3 Å².